The van der Waals surface area contributed by atoms with Gasteiger partial charge in [-0.2, -0.15) is 0 Å². The Morgan fingerprint density at radius 3 is 2.50 bits per heavy atom. The second-order valence-electron chi connectivity index (χ2n) is 4.90. The third-order valence-corrected chi connectivity index (χ3v) is 3.49. The van der Waals surface area contributed by atoms with E-state index in [2.05, 4.69) is 10.3 Å². The van der Waals surface area contributed by atoms with Crippen LogP contribution in [0.2, 0.25) is 0 Å². The number of methoxy groups -OCH3 is 2. The molecule has 1 N–H and O–H groups in total. The number of benzene rings is 2. The van der Waals surface area contributed by atoms with Crippen molar-refractivity contribution in [3.8, 4) is 11.5 Å². The lowest BCUT2D eigenvalue weighted by atomic mass is 10.2. The van der Waals surface area contributed by atoms with Gasteiger partial charge >= 0.3 is 0 Å². The van der Waals surface area contributed by atoms with Gasteiger partial charge in [-0.05, 0) is 24.3 Å². The minimum absolute atomic E-state index is 0. The fourth-order valence-electron chi connectivity index (χ4n) is 2.36. The first kappa shape index (κ1) is 17.6. The smallest absolute Gasteiger partial charge is 0.255 e. The third-order valence-electron chi connectivity index (χ3n) is 3.49. The van der Waals surface area contributed by atoms with E-state index in [0.717, 1.165) is 5.69 Å². The molecule has 0 unspecified atom stereocenters. The quantitative estimate of drug-likeness (QED) is 0.923. The molecule has 1 heterocycles. The summed E-state index contributed by atoms with van der Waals surface area (Å²) in [6.45, 7) is 0.121. The number of carbonyl (C=O) groups is 1. The maximum atomic E-state index is 12.2. The van der Waals surface area contributed by atoms with E-state index in [-0.39, 0.29) is 24.9 Å². The number of anilines is 2. The molecule has 24 heavy (non-hydrogen) atoms. The first-order valence-corrected chi connectivity index (χ1v) is 7.14. The van der Waals surface area contributed by atoms with E-state index >= 15 is 0 Å². The van der Waals surface area contributed by atoms with Crippen molar-refractivity contribution in [3.63, 3.8) is 0 Å². The molecule has 1 amide bonds. The van der Waals surface area contributed by atoms with E-state index in [0.29, 0.717) is 23.1 Å². The Labute approximate surface area is 146 Å². The predicted molar refractivity (Wildman–Crippen MR) is 96.6 cm³/mol. The summed E-state index contributed by atoms with van der Waals surface area (Å²) in [5.41, 5.74) is 1.48. The zero-order valence-corrected chi connectivity index (χ0v) is 14.2. The van der Waals surface area contributed by atoms with Crippen LogP contribution < -0.4 is 19.7 Å². The van der Waals surface area contributed by atoms with Crippen LogP contribution in [0.1, 0.15) is 0 Å². The van der Waals surface area contributed by atoms with Gasteiger partial charge in [0.15, 0.2) is 0 Å². The fourth-order valence-corrected chi connectivity index (χ4v) is 2.36. The Morgan fingerprint density at radius 1 is 1.08 bits per heavy atom. The SMILES string of the molecule is COc1ccc(NC2=NCC(=O)N2c2ccccc2)c(OC)c1.Cl. The maximum Gasteiger partial charge on any atom is 0.255 e. The molecule has 0 aliphatic carbocycles. The molecular formula is C17H18ClN3O3. The standard InChI is InChI=1S/C17H17N3O3.ClH/c1-22-13-8-9-14(15(10-13)23-2)19-17-18-11-16(21)20(17)12-6-4-3-5-7-12;/h3-10H,11H2,1-2H3,(H,18,19);1H. The number of hydrogen-bond donors (Lipinski definition) is 1. The lowest BCUT2D eigenvalue weighted by Crippen LogP contribution is -2.36. The molecule has 2 aromatic rings. The highest BCUT2D eigenvalue weighted by Crippen LogP contribution is 2.30. The van der Waals surface area contributed by atoms with Gasteiger partial charge in [0.1, 0.15) is 18.0 Å². The number of halogens is 1. The molecule has 0 bridgehead atoms. The first-order chi connectivity index (χ1) is 11.2. The number of aliphatic imine (C=N–C) groups is 1. The van der Waals surface area contributed by atoms with E-state index in [1.165, 1.54) is 0 Å². The van der Waals surface area contributed by atoms with Crippen LogP contribution in [0.3, 0.4) is 0 Å². The van der Waals surface area contributed by atoms with Gasteiger partial charge in [0.2, 0.25) is 5.96 Å². The van der Waals surface area contributed by atoms with Crippen LogP contribution in [0.25, 0.3) is 0 Å². The number of nitrogens with zero attached hydrogens (tertiary/aromatic N) is 2. The van der Waals surface area contributed by atoms with Crippen LogP contribution in [-0.2, 0) is 4.79 Å². The topological polar surface area (TPSA) is 63.2 Å². The number of amides is 1. The molecule has 126 valence electrons. The number of ether oxygens (including phenoxy) is 2. The summed E-state index contributed by atoms with van der Waals surface area (Å²) in [5.74, 6) is 1.70. The van der Waals surface area contributed by atoms with Crippen molar-refractivity contribution in [3.05, 3.63) is 48.5 Å². The van der Waals surface area contributed by atoms with Crippen molar-refractivity contribution in [1.82, 2.24) is 0 Å². The van der Waals surface area contributed by atoms with Crippen molar-refractivity contribution in [2.45, 2.75) is 0 Å². The fraction of sp³-hybridized carbons (Fsp3) is 0.176. The highest BCUT2D eigenvalue weighted by Gasteiger charge is 2.27. The normalized spacial score (nSPS) is 13.2. The van der Waals surface area contributed by atoms with E-state index in [1.54, 1.807) is 25.2 Å². The van der Waals surface area contributed by atoms with Gasteiger partial charge in [0.05, 0.1) is 25.6 Å². The molecule has 1 aliphatic heterocycles. The molecule has 0 radical (unpaired) electrons. The Kier molecular flexibility index (Phi) is 5.65. The molecule has 0 saturated carbocycles. The number of hydrogen-bond acceptors (Lipinski definition) is 5. The second-order valence-corrected chi connectivity index (χ2v) is 4.90. The van der Waals surface area contributed by atoms with E-state index in [1.807, 2.05) is 42.5 Å². The van der Waals surface area contributed by atoms with Gasteiger partial charge in [-0.3, -0.25) is 4.79 Å². The van der Waals surface area contributed by atoms with Crippen molar-refractivity contribution in [2.75, 3.05) is 31.0 Å². The monoisotopic (exact) mass is 347 g/mol. The van der Waals surface area contributed by atoms with Crippen molar-refractivity contribution in [2.24, 2.45) is 4.99 Å². The predicted octanol–water partition coefficient (Wildman–Crippen LogP) is 2.94. The van der Waals surface area contributed by atoms with Gasteiger partial charge in [-0.1, -0.05) is 18.2 Å². The van der Waals surface area contributed by atoms with Gasteiger partial charge in [-0.25, -0.2) is 9.89 Å². The van der Waals surface area contributed by atoms with Crippen LogP contribution >= 0.6 is 12.4 Å². The lowest BCUT2D eigenvalue weighted by Gasteiger charge is -2.20. The van der Waals surface area contributed by atoms with E-state index in [9.17, 15) is 4.79 Å². The minimum atomic E-state index is -0.0776. The van der Waals surface area contributed by atoms with Crippen LogP contribution in [0.4, 0.5) is 11.4 Å². The molecule has 6 nitrogen and oxygen atoms in total. The summed E-state index contributed by atoms with van der Waals surface area (Å²) >= 11 is 0. The van der Waals surface area contributed by atoms with Crippen LogP contribution in [0.5, 0.6) is 11.5 Å². The van der Waals surface area contributed by atoms with Crippen molar-refractivity contribution in [1.29, 1.82) is 0 Å². The highest BCUT2D eigenvalue weighted by atomic mass is 35.5. The number of guanidine groups is 1. The Morgan fingerprint density at radius 2 is 1.83 bits per heavy atom. The van der Waals surface area contributed by atoms with Crippen LogP contribution in [0.15, 0.2) is 53.5 Å². The van der Waals surface area contributed by atoms with Crippen LogP contribution in [0, 0.1) is 0 Å². The van der Waals surface area contributed by atoms with E-state index in [4.69, 9.17) is 9.47 Å². The van der Waals surface area contributed by atoms with Gasteiger partial charge in [-0.15, -0.1) is 12.4 Å². The number of nitrogens with one attached hydrogen (secondary N) is 1. The first-order valence-electron chi connectivity index (χ1n) is 7.14. The molecule has 0 spiro atoms. The van der Waals surface area contributed by atoms with Gasteiger partial charge in [0, 0.05) is 6.07 Å². The Balaban J connectivity index is 0.00000208. The molecular weight excluding hydrogens is 330 g/mol. The lowest BCUT2D eigenvalue weighted by molar-refractivity contribution is -0.115. The summed E-state index contributed by atoms with van der Waals surface area (Å²) in [5, 5.41) is 3.17. The number of para-hydroxylation sites is 1. The largest absolute Gasteiger partial charge is 0.497 e. The number of carbonyl (C=O) groups excluding carboxylic acids is 1. The van der Waals surface area contributed by atoms with Gasteiger partial charge < -0.3 is 14.8 Å². The zero-order valence-electron chi connectivity index (χ0n) is 13.4. The Hall–Kier alpha value is -2.73. The third kappa shape index (κ3) is 3.44. The summed E-state index contributed by atoms with van der Waals surface area (Å²) in [6.07, 6.45) is 0. The molecule has 2 aromatic carbocycles. The molecule has 0 saturated heterocycles. The molecule has 0 atom stereocenters. The zero-order chi connectivity index (χ0) is 16.2. The van der Waals surface area contributed by atoms with E-state index < -0.39 is 0 Å². The molecule has 7 heteroatoms. The second kappa shape index (κ2) is 7.70. The molecule has 1 aliphatic rings. The van der Waals surface area contributed by atoms with Gasteiger partial charge in [0.25, 0.3) is 5.91 Å². The maximum absolute atomic E-state index is 12.2. The van der Waals surface area contributed by atoms with Crippen LogP contribution in [-0.4, -0.2) is 32.6 Å². The minimum Gasteiger partial charge on any atom is -0.497 e. The average molecular weight is 348 g/mol. The summed E-state index contributed by atoms with van der Waals surface area (Å²) in [6, 6.07) is 14.8. The molecule has 0 fully saturated rings. The highest BCUT2D eigenvalue weighted by molar-refractivity contribution is 6.24. The summed E-state index contributed by atoms with van der Waals surface area (Å²) in [4.78, 5) is 18.0. The number of rotatable bonds is 4. The molecule has 3 rings (SSSR count). The molecule has 0 aromatic heterocycles. The Bertz CT molecular complexity index is 750. The summed E-state index contributed by atoms with van der Waals surface area (Å²) in [7, 11) is 3.18. The van der Waals surface area contributed by atoms with Crippen molar-refractivity contribution >= 4 is 35.6 Å². The summed E-state index contributed by atoms with van der Waals surface area (Å²) < 4.78 is 10.6. The van der Waals surface area contributed by atoms with Crippen molar-refractivity contribution < 1.29 is 14.3 Å². The average Bonchev–Trinajstić information content (AvgIpc) is 2.96.